The van der Waals surface area contributed by atoms with Crippen LogP contribution in [0.1, 0.15) is 81.1 Å². The van der Waals surface area contributed by atoms with Crippen LogP contribution in [0.3, 0.4) is 0 Å². The van der Waals surface area contributed by atoms with E-state index in [1.807, 2.05) is 0 Å². The molecule has 2 heterocycles. The number of hydrogen-bond acceptors (Lipinski definition) is 12. The second-order valence-electron chi connectivity index (χ2n) is 13.8. The van der Waals surface area contributed by atoms with Gasteiger partial charge in [-0.15, -0.1) is 10.1 Å². The summed E-state index contributed by atoms with van der Waals surface area (Å²) in [6.07, 6.45) is 0.742. The predicted octanol–water partition coefficient (Wildman–Crippen LogP) is 1.12. The normalized spacial score (nSPS) is 21.8. The number of aliphatic carboxylic acids is 2. The highest BCUT2D eigenvalue weighted by Gasteiger charge is 2.49. The first-order chi connectivity index (χ1) is 19.0. The molecule has 0 aliphatic carbocycles. The number of hydrogen-bond donors (Lipinski definition) is 2. The molecule has 0 bridgehead atoms. The van der Waals surface area contributed by atoms with Crippen LogP contribution in [-0.2, 0) is 38.4 Å². The minimum absolute atomic E-state index is 0.0442. The van der Waals surface area contributed by atoms with Gasteiger partial charge in [0.15, 0.2) is 0 Å². The average molecular weight is 599 g/mol. The van der Waals surface area contributed by atoms with Gasteiger partial charge in [-0.05, 0) is 55.4 Å². The molecule has 0 radical (unpaired) electrons. The fraction of sp³-hybridized carbons (Fsp3) is 0.786. The van der Waals surface area contributed by atoms with Crippen LogP contribution in [0.2, 0.25) is 0 Å². The van der Waals surface area contributed by atoms with E-state index in [4.69, 9.17) is 9.68 Å². The highest BCUT2D eigenvalue weighted by atomic mass is 16.7. The molecule has 0 aromatic heterocycles. The van der Waals surface area contributed by atoms with E-state index in [0.29, 0.717) is 0 Å². The Morgan fingerprint density at radius 2 is 0.857 bits per heavy atom. The molecule has 2 N–H and O–H groups in total. The lowest BCUT2D eigenvalue weighted by Gasteiger charge is -2.49. The molecular weight excluding hydrogens is 552 g/mol. The summed E-state index contributed by atoms with van der Waals surface area (Å²) >= 11 is 0. The molecular formula is C28H46N4O10. The van der Waals surface area contributed by atoms with Crippen molar-refractivity contribution in [2.75, 3.05) is 39.3 Å². The zero-order valence-corrected chi connectivity index (χ0v) is 26.0. The third-order valence-corrected chi connectivity index (χ3v) is 7.26. The summed E-state index contributed by atoms with van der Waals surface area (Å²) in [5.41, 5.74) is -3.07. The van der Waals surface area contributed by atoms with Crippen LogP contribution in [0.25, 0.3) is 0 Å². The largest absolute Gasteiger partial charge is 0.480 e. The van der Waals surface area contributed by atoms with Gasteiger partial charge in [-0.3, -0.25) is 29.0 Å². The third kappa shape index (κ3) is 9.82. The number of ketones is 2. The van der Waals surface area contributed by atoms with E-state index >= 15 is 0 Å². The lowest BCUT2D eigenvalue weighted by atomic mass is 9.81. The number of Topliss-reactive ketones (excluding diaryl/α,β-unsaturated/α-hetero) is 2. The van der Waals surface area contributed by atoms with E-state index < -0.39 is 72.2 Å². The number of carbonyl (C=O) groups is 6. The van der Waals surface area contributed by atoms with Crippen molar-refractivity contribution in [1.29, 1.82) is 0 Å². The molecule has 14 heteroatoms. The molecule has 2 aliphatic rings. The molecule has 2 fully saturated rings. The second-order valence-corrected chi connectivity index (χ2v) is 13.8. The van der Waals surface area contributed by atoms with E-state index in [2.05, 4.69) is 0 Å². The summed E-state index contributed by atoms with van der Waals surface area (Å²) in [5.74, 6) is -3.80. The van der Waals surface area contributed by atoms with Gasteiger partial charge in [-0.25, -0.2) is 9.59 Å². The van der Waals surface area contributed by atoms with Crippen LogP contribution in [0, 0.1) is 0 Å². The quantitative estimate of drug-likeness (QED) is 0.308. The first-order valence-electron chi connectivity index (χ1n) is 14.0. The summed E-state index contributed by atoms with van der Waals surface area (Å²) in [6, 6.07) is 0. The van der Waals surface area contributed by atoms with Gasteiger partial charge in [0.05, 0.1) is 48.3 Å². The lowest BCUT2D eigenvalue weighted by molar-refractivity contribution is -0.262. The highest BCUT2D eigenvalue weighted by Crippen LogP contribution is 2.37. The third-order valence-electron chi connectivity index (χ3n) is 7.26. The molecule has 0 spiro atoms. The first kappa shape index (κ1) is 35.3. The zero-order valence-electron chi connectivity index (χ0n) is 26.0. The molecule has 2 saturated heterocycles. The summed E-state index contributed by atoms with van der Waals surface area (Å²) in [5, 5.41) is 21.8. The summed E-state index contributed by atoms with van der Waals surface area (Å²) in [6.45, 7) is 12.2. The minimum Gasteiger partial charge on any atom is -0.480 e. The van der Waals surface area contributed by atoms with Crippen LogP contribution in [0.15, 0.2) is 0 Å². The Bertz CT molecular complexity index is 961. The maximum atomic E-state index is 12.9. The zero-order chi connectivity index (χ0) is 32.3. The van der Waals surface area contributed by atoms with Crippen molar-refractivity contribution in [1.82, 2.24) is 19.9 Å². The van der Waals surface area contributed by atoms with E-state index in [1.54, 1.807) is 55.4 Å². The predicted molar refractivity (Wildman–Crippen MR) is 149 cm³/mol. The molecule has 0 amide bonds. The van der Waals surface area contributed by atoms with Gasteiger partial charge in [-0.2, -0.15) is 0 Å². The topological polar surface area (TPSA) is 174 Å². The maximum Gasteiger partial charge on any atom is 0.339 e. The Morgan fingerprint density at radius 3 is 1.10 bits per heavy atom. The van der Waals surface area contributed by atoms with Gasteiger partial charge in [0.2, 0.25) is 0 Å². The fourth-order valence-electron chi connectivity index (χ4n) is 6.20. The van der Waals surface area contributed by atoms with Gasteiger partial charge in [-0.1, -0.05) is 0 Å². The molecule has 0 aromatic carbocycles. The fourth-order valence-corrected chi connectivity index (χ4v) is 6.20. The summed E-state index contributed by atoms with van der Waals surface area (Å²) in [7, 11) is 0. The molecule has 0 atom stereocenters. The Hall–Kier alpha value is -2.94. The van der Waals surface area contributed by atoms with Crippen molar-refractivity contribution < 1.29 is 48.7 Å². The number of piperidine rings is 2. The Balaban J connectivity index is 2.08. The van der Waals surface area contributed by atoms with Crippen molar-refractivity contribution in [3.8, 4) is 0 Å². The number of nitrogens with zero attached hydrogens (tertiary/aromatic N) is 4. The Morgan fingerprint density at radius 1 is 0.595 bits per heavy atom. The molecule has 0 unspecified atom stereocenters. The standard InChI is InChI=1S/C28H46N4O10/c1-25(2)11-19(33)12-26(3,4)31(25)41-23(39)17-29(15-21(35)36)9-10-30(16-22(37)38)18-24(40)42-32-27(5,6)13-20(34)14-28(32,7)8/h9-18H2,1-8H3,(H,35,36)(H,37,38). The van der Waals surface area contributed by atoms with Gasteiger partial charge in [0.1, 0.15) is 11.6 Å². The molecule has 42 heavy (non-hydrogen) atoms. The van der Waals surface area contributed by atoms with Crippen LogP contribution >= 0.6 is 0 Å². The van der Waals surface area contributed by atoms with Crippen molar-refractivity contribution in [2.24, 2.45) is 0 Å². The molecule has 0 saturated carbocycles. The molecule has 14 nitrogen and oxygen atoms in total. The van der Waals surface area contributed by atoms with Gasteiger partial charge in [0, 0.05) is 38.8 Å². The van der Waals surface area contributed by atoms with Crippen molar-refractivity contribution in [3.05, 3.63) is 0 Å². The Kier molecular flexibility index (Phi) is 11.0. The highest BCUT2D eigenvalue weighted by molar-refractivity contribution is 5.82. The lowest BCUT2D eigenvalue weighted by Crippen LogP contribution is -2.61. The first-order valence-corrected chi connectivity index (χ1v) is 14.0. The molecule has 2 aliphatic heterocycles. The summed E-state index contributed by atoms with van der Waals surface area (Å²) in [4.78, 5) is 87.1. The number of carbonyl (C=O) groups excluding carboxylic acids is 4. The Labute approximate surface area is 246 Å². The van der Waals surface area contributed by atoms with Crippen LogP contribution in [0.4, 0.5) is 0 Å². The number of carboxylic acid groups (broad SMARTS) is 2. The van der Waals surface area contributed by atoms with Gasteiger partial charge >= 0.3 is 23.9 Å². The van der Waals surface area contributed by atoms with Crippen molar-refractivity contribution >= 4 is 35.4 Å². The maximum absolute atomic E-state index is 12.9. The van der Waals surface area contributed by atoms with Gasteiger partial charge in [0.25, 0.3) is 0 Å². The SMILES string of the molecule is CC1(C)CC(=O)CC(C)(C)N1OC(=O)CN(CCN(CC(=O)O)CC(=O)ON1C(C)(C)CC(=O)CC1(C)C)CC(=O)O. The van der Waals surface area contributed by atoms with E-state index in [-0.39, 0.29) is 50.3 Å². The van der Waals surface area contributed by atoms with Crippen LogP contribution in [0.5, 0.6) is 0 Å². The molecule has 2 rings (SSSR count). The number of hydroxylamine groups is 4. The minimum atomic E-state index is -1.21. The van der Waals surface area contributed by atoms with Crippen LogP contribution in [-0.4, -0.2) is 127 Å². The second kappa shape index (κ2) is 13.1. The summed E-state index contributed by atoms with van der Waals surface area (Å²) < 4.78 is 0. The molecule has 238 valence electrons. The average Bonchev–Trinajstić information content (AvgIpc) is 2.74. The van der Waals surface area contributed by atoms with Gasteiger partial charge < -0.3 is 19.9 Å². The smallest absolute Gasteiger partial charge is 0.339 e. The van der Waals surface area contributed by atoms with E-state index in [0.717, 1.165) is 0 Å². The monoisotopic (exact) mass is 598 g/mol. The van der Waals surface area contributed by atoms with E-state index in [1.165, 1.54) is 19.9 Å². The van der Waals surface area contributed by atoms with Crippen molar-refractivity contribution in [3.63, 3.8) is 0 Å². The number of carboxylic acids is 2. The number of rotatable bonds is 13. The van der Waals surface area contributed by atoms with E-state index in [9.17, 15) is 39.0 Å². The molecule has 0 aromatic rings. The van der Waals surface area contributed by atoms with Crippen LogP contribution < -0.4 is 0 Å². The van der Waals surface area contributed by atoms with Crippen molar-refractivity contribution in [2.45, 2.75) is 103 Å².